The van der Waals surface area contributed by atoms with E-state index in [0.717, 1.165) is 4.90 Å². The molecule has 0 aromatic rings. The fourth-order valence-corrected chi connectivity index (χ4v) is 3.33. The van der Waals surface area contributed by atoms with Crippen LogP contribution in [0.4, 0.5) is 0 Å². The lowest BCUT2D eigenvalue weighted by Gasteiger charge is -2.30. The maximum Gasteiger partial charge on any atom is 0.326 e. The van der Waals surface area contributed by atoms with Crippen LogP contribution in [0.2, 0.25) is 0 Å². The fourth-order valence-electron chi connectivity index (χ4n) is 3.33. The van der Waals surface area contributed by atoms with E-state index in [9.17, 15) is 39.0 Å². The number of nitrogens with two attached hydrogens (primary N) is 2. The minimum Gasteiger partial charge on any atom is -0.481 e. The molecule has 9 N–H and O–H groups in total. The van der Waals surface area contributed by atoms with Gasteiger partial charge < -0.3 is 42.3 Å². The second kappa shape index (κ2) is 12.7. The number of hydrogen-bond donors (Lipinski definition) is 7. The third-order valence-corrected chi connectivity index (χ3v) is 5.22. The van der Waals surface area contributed by atoms with Gasteiger partial charge >= 0.3 is 11.9 Å². The van der Waals surface area contributed by atoms with Crippen molar-refractivity contribution in [2.45, 2.75) is 75.7 Å². The van der Waals surface area contributed by atoms with Crippen LogP contribution in [0, 0.1) is 0 Å². The predicted molar refractivity (Wildman–Crippen MR) is 111 cm³/mol. The van der Waals surface area contributed by atoms with Crippen molar-refractivity contribution in [3.63, 3.8) is 0 Å². The first-order valence-electron chi connectivity index (χ1n) is 10.4. The molecular formula is C19H31N5O9. The fraction of sp³-hybridized carbons (Fsp3) is 0.684. The van der Waals surface area contributed by atoms with E-state index >= 15 is 0 Å². The van der Waals surface area contributed by atoms with Crippen LogP contribution in [0.3, 0.4) is 0 Å². The Morgan fingerprint density at radius 3 is 2.15 bits per heavy atom. The Bertz CT molecular complexity index is 773. The van der Waals surface area contributed by atoms with Crippen LogP contribution in [0.25, 0.3) is 0 Å². The predicted octanol–water partition coefficient (Wildman–Crippen LogP) is -3.13. The SMILES string of the molecule is CC(O)C(N)C(=O)NC(CCC(N)=O)C(=O)N1CCCC1C(=O)NC(CCC(=O)O)C(=O)O. The number of aliphatic hydroxyl groups excluding tert-OH is 1. The molecule has 0 spiro atoms. The number of carbonyl (C=O) groups is 6. The quantitative estimate of drug-likeness (QED) is 0.142. The van der Waals surface area contributed by atoms with E-state index in [1.807, 2.05) is 0 Å². The summed E-state index contributed by atoms with van der Waals surface area (Å²) in [5.74, 6) is -5.68. The molecular weight excluding hydrogens is 442 g/mol. The lowest BCUT2D eigenvalue weighted by atomic mass is 10.1. The number of rotatable bonds is 13. The molecule has 0 radical (unpaired) electrons. The summed E-state index contributed by atoms with van der Waals surface area (Å²) in [6.07, 6.45) is -1.82. The van der Waals surface area contributed by atoms with Gasteiger partial charge in [-0.05, 0) is 32.6 Å². The molecule has 0 saturated carbocycles. The van der Waals surface area contributed by atoms with Crippen molar-refractivity contribution >= 4 is 35.6 Å². The highest BCUT2D eigenvalue weighted by Gasteiger charge is 2.39. The van der Waals surface area contributed by atoms with E-state index in [1.54, 1.807) is 0 Å². The van der Waals surface area contributed by atoms with Crippen LogP contribution < -0.4 is 22.1 Å². The molecule has 1 rings (SSSR count). The first-order valence-corrected chi connectivity index (χ1v) is 10.4. The summed E-state index contributed by atoms with van der Waals surface area (Å²) in [6, 6.07) is -5.11. The molecule has 1 aliphatic heterocycles. The number of primary amides is 1. The molecule has 14 heteroatoms. The summed E-state index contributed by atoms with van der Waals surface area (Å²) >= 11 is 0. The average Bonchev–Trinajstić information content (AvgIpc) is 3.22. The van der Waals surface area contributed by atoms with Gasteiger partial charge in [-0.2, -0.15) is 0 Å². The highest BCUT2D eigenvalue weighted by atomic mass is 16.4. The monoisotopic (exact) mass is 473 g/mol. The van der Waals surface area contributed by atoms with E-state index in [1.165, 1.54) is 6.92 Å². The Kier molecular flexibility index (Phi) is 10.7. The van der Waals surface area contributed by atoms with Gasteiger partial charge in [0.2, 0.25) is 23.6 Å². The summed E-state index contributed by atoms with van der Waals surface area (Å²) in [4.78, 5) is 72.5. The second-order valence-electron chi connectivity index (χ2n) is 7.85. The minimum atomic E-state index is -1.46. The Morgan fingerprint density at radius 2 is 1.64 bits per heavy atom. The van der Waals surface area contributed by atoms with Crippen LogP contribution in [0.5, 0.6) is 0 Å². The summed E-state index contributed by atoms with van der Waals surface area (Å²) < 4.78 is 0. The molecule has 1 fully saturated rings. The van der Waals surface area contributed by atoms with Crippen molar-refractivity contribution < 1.29 is 44.1 Å². The third-order valence-electron chi connectivity index (χ3n) is 5.22. The van der Waals surface area contributed by atoms with Crippen molar-refractivity contribution in [3.8, 4) is 0 Å². The highest BCUT2D eigenvalue weighted by Crippen LogP contribution is 2.20. The number of carbonyl (C=O) groups excluding carboxylic acids is 4. The Balaban J connectivity index is 2.97. The molecule has 1 heterocycles. The van der Waals surface area contributed by atoms with Crippen LogP contribution in [0.15, 0.2) is 0 Å². The van der Waals surface area contributed by atoms with Gasteiger partial charge in [-0.15, -0.1) is 0 Å². The number of nitrogens with zero attached hydrogens (tertiary/aromatic N) is 1. The Morgan fingerprint density at radius 1 is 1.03 bits per heavy atom. The standard InChI is InChI=1S/C19H31N5O9/c1-9(25)15(21)17(30)22-10(4-6-13(20)26)18(31)24-8-2-3-12(24)16(29)23-11(19(32)33)5-7-14(27)28/h9-12,15,25H,2-8,21H2,1H3,(H2,20,26)(H,22,30)(H,23,29)(H,27,28)(H,32,33). The summed E-state index contributed by atoms with van der Waals surface area (Å²) in [5.41, 5.74) is 10.7. The van der Waals surface area contributed by atoms with Gasteiger partial charge in [-0.25, -0.2) is 4.79 Å². The number of nitrogens with one attached hydrogen (secondary N) is 2. The van der Waals surface area contributed by atoms with E-state index < -0.39 is 72.3 Å². The maximum absolute atomic E-state index is 13.1. The largest absolute Gasteiger partial charge is 0.481 e. The van der Waals surface area contributed by atoms with Crippen LogP contribution in [-0.4, -0.2) is 92.6 Å². The lowest BCUT2D eigenvalue weighted by molar-refractivity contribution is -0.145. The highest BCUT2D eigenvalue weighted by molar-refractivity contribution is 5.95. The van der Waals surface area contributed by atoms with Crippen molar-refractivity contribution in [2.24, 2.45) is 11.5 Å². The average molecular weight is 473 g/mol. The van der Waals surface area contributed by atoms with Crippen LogP contribution in [0.1, 0.15) is 45.4 Å². The Hall–Kier alpha value is -3.26. The number of amides is 4. The van der Waals surface area contributed by atoms with E-state index in [2.05, 4.69) is 10.6 Å². The molecule has 1 aliphatic rings. The van der Waals surface area contributed by atoms with Gasteiger partial charge in [0.25, 0.3) is 0 Å². The first-order chi connectivity index (χ1) is 15.3. The van der Waals surface area contributed by atoms with Crippen LogP contribution >= 0.6 is 0 Å². The number of carboxylic acid groups (broad SMARTS) is 2. The van der Waals surface area contributed by atoms with E-state index in [0.29, 0.717) is 6.42 Å². The topological polar surface area (TPSA) is 242 Å². The third kappa shape index (κ3) is 8.65. The van der Waals surface area contributed by atoms with Crippen molar-refractivity contribution in [1.29, 1.82) is 0 Å². The number of aliphatic carboxylic acids is 2. The van der Waals surface area contributed by atoms with E-state index in [-0.39, 0.29) is 32.2 Å². The molecule has 5 atom stereocenters. The summed E-state index contributed by atoms with van der Waals surface area (Å²) in [7, 11) is 0. The number of hydrogen-bond acceptors (Lipinski definition) is 8. The number of carboxylic acids is 2. The Labute approximate surface area is 189 Å². The second-order valence-corrected chi connectivity index (χ2v) is 7.85. The van der Waals surface area contributed by atoms with Gasteiger partial charge in [0.05, 0.1) is 6.10 Å². The van der Waals surface area contributed by atoms with Crippen molar-refractivity contribution in [3.05, 3.63) is 0 Å². The van der Waals surface area contributed by atoms with Gasteiger partial charge in [-0.3, -0.25) is 24.0 Å². The molecule has 0 aromatic carbocycles. The molecule has 14 nitrogen and oxygen atoms in total. The molecule has 5 unspecified atom stereocenters. The normalized spacial score (nSPS) is 19.1. The number of aliphatic hydroxyl groups is 1. The zero-order valence-corrected chi connectivity index (χ0v) is 18.2. The van der Waals surface area contributed by atoms with Gasteiger partial charge in [0.1, 0.15) is 24.2 Å². The van der Waals surface area contributed by atoms with E-state index in [4.69, 9.17) is 16.6 Å². The number of likely N-dealkylation sites (tertiary alicyclic amines) is 1. The van der Waals surface area contributed by atoms with Gasteiger partial charge in [0.15, 0.2) is 0 Å². The zero-order chi connectivity index (χ0) is 25.3. The first kappa shape index (κ1) is 27.8. The molecule has 0 aromatic heterocycles. The minimum absolute atomic E-state index is 0.134. The molecule has 4 amide bonds. The smallest absolute Gasteiger partial charge is 0.326 e. The maximum atomic E-state index is 13.1. The zero-order valence-electron chi connectivity index (χ0n) is 18.2. The van der Waals surface area contributed by atoms with Crippen LogP contribution in [-0.2, 0) is 28.8 Å². The van der Waals surface area contributed by atoms with Crippen molar-refractivity contribution in [2.75, 3.05) is 6.54 Å². The van der Waals surface area contributed by atoms with Crippen molar-refractivity contribution in [1.82, 2.24) is 15.5 Å². The lowest BCUT2D eigenvalue weighted by Crippen LogP contribution is -2.58. The summed E-state index contributed by atoms with van der Waals surface area (Å²) in [6.45, 7) is 1.42. The summed E-state index contributed by atoms with van der Waals surface area (Å²) in [5, 5.41) is 32.1. The molecule has 33 heavy (non-hydrogen) atoms. The molecule has 0 bridgehead atoms. The molecule has 0 aliphatic carbocycles. The van der Waals surface area contributed by atoms with Gasteiger partial charge in [0, 0.05) is 19.4 Å². The molecule has 186 valence electrons. The van der Waals surface area contributed by atoms with Gasteiger partial charge in [-0.1, -0.05) is 0 Å². The molecule has 1 saturated heterocycles.